The minimum atomic E-state index is 0.168. The molecule has 5 N–H and O–H groups in total. The summed E-state index contributed by atoms with van der Waals surface area (Å²) in [6.45, 7) is 2.88. The van der Waals surface area contributed by atoms with E-state index in [1.54, 1.807) is 0 Å². The number of anilines is 2. The number of nitrogens with zero attached hydrogens (tertiary/aromatic N) is 4. The van der Waals surface area contributed by atoms with Crippen molar-refractivity contribution in [3.63, 3.8) is 0 Å². The van der Waals surface area contributed by atoms with Crippen LogP contribution < -0.4 is 11.5 Å². The Balaban J connectivity index is 1.95. The van der Waals surface area contributed by atoms with Crippen LogP contribution in [0.4, 0.5) is 11.9 Å². The summed E-state index contributed by atoms with van der Waals surface area (Å²) in [5, 5.41) is 8.98. The van der Waals surface area contributed by atoms with Gasteiger partial charge in [0.1, 0.15) is 5.82 Å². The van der Waals surface area contributed by atoms with E-state index in [0.29, 0.717) is 18.3 Å². The fourth-order valence-electron chi connectivity index (χ4n) is 2.44. The molecule has 0 bridgehead atoms. The lowest BCUT2D eigenvalue weighted by molar-refractivity contribution is 0.140. The predicted octanol–water partition coefficient (Wildman–Crippen LogP) is -0.370. The van der Waals surface area contributed by atoms with Crippen LogP contribution in [0.2, 0.25) is 0 Å². The van der Waals surface area contributed by atoms with Crippen LogP contribution in [0, 0.1) is 5.92 Å². The van der Waals surface area contributed by atoms with Crippen molar-refractivity contribution in [2.45, 2.75) is 25.8 Å². The molecule has 1 aromatic rings. The lowest BCUT2D eigenvalue weighted by Gasteiger charge is -2.31. The Morgan fingerprint density at radius 1 is 1.22 bits per heavy atom. The number of nitrogen functional groups attached to an aromatic ring is 2. The van der Waals surface area contributed by atoms with Crippen molar-refractivity contribution in [2.24, 2.45) is 5.92 Å². The zero-order valence-corrected chi connectivity index (χ0v) is 10.4. The average Bonchev–Trinajstić information content (AvgIpc) is 2.28. The van der Waals surface area contributed by atoms with Crippen molar-refractivity contribution in [3.8, 4) is 0 Å². The quantitative estimate of drug-likeness (QED) is 0.669. The highest BCUT2D eigenvalue weighted by Crippen LogP contribution is 2.20. The molecule has 0 spiro atoms. The Morgan fingerprint density at radius 3 is 2.61 bits per heavy atom. The van der Waals surface area contributed by atoms with Gasteiger partial charge in [0, 0.05) is 13.2 Å². The second kappa shape index (κ2) is 5.92. The highest BCUT2D eigenvalue weighted by molar-refractivity contribution is 5.25. The van der Waals surface area contributed by atoms with E-state index in [-0.39, 0.29) is 18.5 Å². The third-order valence-electron chi connectivity index (χ3n) is 3.22. The molecular weight excluding hydrogens is 232 g/mol. The molecular formula is C11H20N6O. The first kappa shape index (κ1) is 13.0. The standard InChI is InChI=1S/C11H20N6O/c12-10-14-9(15-11(13)16-10)7-17-4-1-2-8(6-17)3-5-18/h8,18H,1-7H2,(H4,12,13,14,15,16). The number of hydrogen-bond donors (Lipinski definition) is 3. The van der Waals surface area contributed by atoms with Crippen LogP contribution in [0.5, 0.6) is 0 Å². The molecule has 0 aliphatic carbocycles. The zero-order chi connectivity index (χ0) is 13.0. The second-order valence-corrected chi connectivity index (χ2v) is 4.72. The van der Waals surface area contributed by atoms with E-state index in [2.05, 4.69) is 19.9 Å². The first-order chi connectivity index (χ1) is 8.67. The van der Waals surface area contributed by atoms with E-state index in [1.807, 2.05) is 0 Å². The number of nitrogens with two attached hydrogens (primary N) is 2. The van der Waals surface area contributed by atoms with Crippen LogP contribution in [0.15, 0.2) is 0 Å². The van der Waals surface area contributed by atoms with Crippen LogP contribution in [0.3, 0.4) is 0 Å². The molecule has 0 saturated carbocycles. The first-order valence-corrected chi connectivity index (χ1v) is 6.26. The normalized spacial score (nSPS) is 21.1. The van der Waals surface area contributed by atoms with Crippen LogP contribution in [-0.4, -0.2) is 44.7 Å². The smallest absolute Gasteiger partial charge is 0.225 e. The molecule has 1 aliphatic heterocycles. The SMILES string of the molecule is Nc1nc(N)nc(CN2CCCC(CCO)C2)n1. The molecule has 7 nitrogen and oxygen atoms in total. The van der Waals surface area contributed by atoms with E-state index in [9.17, 15) is 0 Å². The summed E-state index contributed by atoms with van der Waals surface area (Å²) in [6.07, 6.45) is 3.18. The molecule has 7 heteroatoms. The first-order valence-electron chi connectivity index (χ1n) is 6.26. The topological polar surface area (TPSA) is 114 Å². The highest BCUT2D eigenvalue weighted by atomic mass is 16.3. The van der Waals surface area contributed by atoms with Crippen molar-refractivity contribution in [3.05, 3.63) is 5.82 Å². The number of aliphatic hydroxyl groups excluding tert-OH is 1. The van der Waals surface area contributed by atoms with Gasteiger partial charge in [0.05, 0.1) is 6.54 Å². The van der Waals surface area contributed by atoms with Crippen molar-refractivity contribution < 1.29 is 5.11 Å². The summed E-state index contributed by atoms with van der Waals surface area (Å²) in [4.78, 5) is 14.2. The summed E-state index contributed by atoms with van der Waals surface area (Å²) < 4.78 is 0. The molecule has 18 heavy (non-hydrogen) atoms. The number of likely N-dealkylation sites (tertiary alicyclic amines) is 1. The lowest BCUT2D eigenvalue weighted by Crippen LogP contribution is -2.35. The maximum Gasteiger partial charge on any atom is 0.225 e. The molecule has 1 fully saturated rings. The number of aromatic nitrogens is 3. The Labute approximate surface area is 106 Å². The molecule has 1 atom stereocenters. The van der Waals surface area contributed by atoms with Gasteiger partial charge >= 0.3 is 0 Å². The van der Waals surface area contributed by atoms with Gasteiger partial charge in [-0.3, -0.25) is 4.90 Å². The third-order valence-corrected chi connectivity index (χ3v) is 3.22. The summed E-state index contributed by atoms with van der Waals surface area (Å²) in [5.41, 5.74) is 11.1. The van der Waals surface area contributed by atoms with Gasteiger partial charge in [-0.1, -0.05) is 0 Å². The van der Waals surface area contributed by atoms with Gasteiger partial charge < -0.3 is 16.6 Å². The van der Waals surface area contributed by atoms with Crippen LogP contribution >= 0.6 is 0 Å². The average molecular weight is 252 g/mol. The minimum Gasteiger partial charge on any atom is -0.396 e. The number of piperidine rings is 1. The van der Waals surface area contributed by atoms with Crippen LogP contribution in [-0.2, 0) is 6.54 Å². The van der Waals surface area contributed by atoms with Gasteiger partial charge in [0.15, 0.2) is 0 Å². The summed E-state index contributed by atoms with van der Waals surface area (Å²) >= 11 is 0. The molecule has 0 aromatic carbocycles. The van der Waals surface area contributed by atoms with Crippen molar-refractivity contribution in [1.82, 2.24) is 19.9 Å². The van der Waals surface area contributed by atoms with E-state index in [1.165, 1.54) is 6.42 Å². The highest BCUT2D eigenvalue weighted by Gasteiger charge is 2.20. The molecule has 0 radical (unpaired) electrons. The Kier molecular flexibility index (Phi) is 4.27. The zero-order valence-electron chi connectivity index (χ0n) is 10.4. The van der Waals surface area contributed by atoms with Gasteiger partial charge in [-0.25, -0.2) is 0 Å². The molecule has 0 amide bonds. The minimum absolute atomic E-state index is 0.168. The maximum absolute atomic E-state index is 8.98. The third kappa shape index (κ3) is 3.51. The van der Waals surface area contributed by atoms with Gasteiger partial charge in [0.2, 0.25) is 11.9 Å². The van der Waals surface area contributed by atoms with E-state index >= 15 is 0 Å². The van der Waals surface area contributed by atoms with Gasteiger partial charge in [0.25, 0.3) is 0 Å². The van der Waals surface area contributed by atoms with Crippen molar-refractivity contribution in [1.29, 1.82) is 0 Å². The lowest BCUT2D eigenvalue weighted by atomic mass is 9.95. The molecule has 1 aromatic heterocycles. The molecule has 1 aliphatic rings. The fraction of sp³-hybridized carbons (Fsp3) is 0.727. The number of aliphatic hydroxyl groups is 1. The van der Waals surface area contributed by atoms with Gasteiger partial charge in [-0.15, -0.1) is 0 Å². The Bertz CT molecular complexity index is 377. The molecule has 2 rings (SSSR count). The van der Waals surface area contributed by atoms with Crippen molar-refractivity contribution >= 4 is 11.9 Å². The maximum atomic E-state index is 8.98. The van der Waals surface area contributed by atoms with E-state index < -0.39 is 0 Å². The monoisotopic (exact) mass is 252 g/mol. The van der Waals surface area contributed by atoms with Gasteiger partial charge in [-0.2, -0.15) is 15.0 Å². The largest absolute Gasteiger partial charge is 0.396 e. The summed E-state index contributed by atoms with van der Waals surface area (Å²) in [6, 6.07) is 0. The van der Waals surface area contributed by atoms with Crippen LogP contribution in [0.25, 0.3) is 0 Å². The Hall–Kier alpha value is -1.47. The van der Waals surface area contributed by atoms with E-state index in [4.69, 9.17) is 16.6 Å². The van der Waals surface area contributed by atoms with Gasteiger partial charge in [-0.05, 0) is 31.7 Å². The predicted molar refractivity (Wildman–Crippen MR) is 68.4 cm³/mol. The Morgan fingerprint density at radius 2 is 1.94 bits per heavy atom. The van der Waals surface area contributed by atoms with E-state index in [0.717, 1.165) is 25.9 Å². The summed E-state index contributed by atoms with van der Waals surface area (Å²) in [7, 11) is 0. The fourth-order valence-corrected chi connectivity index (χ4v) is 2.44. The molecule has 100 valence electrons. The molecule has 2 heterocycles. The molecule has 1 unspecified atom stereocenters. The number of hydrogen-bond acceptors (Lipinski definition) is 7. The van der Waals surface area contributed by atoms with Crippen molar-refractivity contribution in [2.75, 3.05) is 31.2 Å². The summed E-state index contributed by atoms with van der Waals surface area (Å²) in [5.74, 6) is 1.51. The second-order valence-electron chi connectivity index (χ2n) is 4.72. The number of rotatable bonds is 4. The van der Waals surface area contributed by atoms with Crippen LogP contribution in [0.1, 0.15) is 25.1 Å². The molecule has 1 saturated heterocycles.